The molecule has 0 aliphatic rings. The number of Topliss-reactive ketones (excluding diaryl/α,β-unsaturated/α-hetero) is 1. The Morgan fingerprint density at radius 1 is 1.14 bits per heavy atom. The van der Waals surface area contributed by atoms with Gasteiger partial charge in [0.2, 0.25) is 5.78 Å². The van der Waals surface area contributed by atoms with E-state index >= 15 is 0 Å². The van der Waals surface area contributed by atoms with E-state index in [4.69, 9.17) is 11.6 Å². The van der Waals surface area contributed by atoms with Crippen molar-refractivity contribution in [2.45, 2.75) is 26.4 Å². The largest absolute Gasteiger partial charge is 0.352 e. The highest BCUT2D eigenvalue weighted by atomic mass is 35.5. The third-order valence-electron chi connectivity index (χ3n) is 4.65. The molecule has 0 saturated carbocycles. The molecule has 0 unspecified atom stereocenters. The Morgan fingerprint density at radius 2 is 1.86 bits per heavy atom. The van der Waals surface area contributed by atoms with Crippen molar-refractivity contribution >= 4 is 34.1 Å². The number of hydrogen-bond acceptors (Lipinski definition) is 4. The summed E-state index contributed by atoms with van der Waals surface area (Å²) in [5, 5.41) is 4.95. The highest BCUT2D eigenvalue weighted by Crippen LogP contribution is 2.17. The molecule has 2 aromatic heterocycles. The quantitative estimate of drug-likeness (QED) is 0.470. The summed E-state index contributed by atoms with van der Waals surface area (Å²) in [7, 11) is 0. The third kappa shape index (κ3) is 3.25. The molecule has 4 rings (SSSR count). The molecule has 2 heterocycles. The summed E-state index contributed by atoms with van der Waals surface area (Å²) < 4.78 is 16.8. The minimum absolute atomic E-state index is 0.142. The fourth-order valence-electron chi connectivity index (χ4n) is 3.28. The Balaban J connectivity index is 1.93. The Labute approximate surface area is 168 Å². The summed E-state index contributed by atoms with van der Waals surface area (Å²) in [6.45, 7) is 1.93. The number of benzene rings is 2. The zero-order valence-electron chi connectivity index (χ0n) is 15.4. The second-order valence-electron chi connectivity index (χ2n) is 6.62. The molecule has 4 aromatic rings. The number of aromatic nitrogens is 4. The van der Waals surface area contributed by atoms with Crippen LogP contribution in [-0.4, -0.2) is 24.5 Å². The van der Waals surface area contributed by atoms with Gasteiger partial charge in [0, 0.05) is 17.1 Å². The predicted octanol–water partition coefficient (Wildman–Crippen LogP) is 2.90. The van der Waals surface area contributed by atoms with Gasteiger partial charge in [-0.05, 0) is 48.9 Å². The van der Waals surface area contributed by atoms with Crippen molar-refractivity contribution in [3.8, 4) is 0 Å². The van der Waals surface area contributed by atoms with Gasteiger partial charge in [-0.15, -0.1) is 5.10 Å². The van der Waals surface area contributed by atoms with Crippen molar-refractivity contribution in [3.63, 3.8) is 0 Å². The van der Waals surface area contributed by atoms with Crippen LogP contribution in [0.3, 0.4) is 0 Å². The maximum Gasteiger partial charge on any atom is 0.352 e. The van der Waals surface area contributed by atoms with Crippen LogP contribution in [0.25, 0.3) is 16.7 Å². The SMILES string of the molecule is CCCn1c(=O)c2ccc(Cl)cc2n2c(=O)n(CC(=O)c3ccc(F)cc3)nc12. The maximum atomic E-state index is 13.1. The van der Waals surface area contributed by atoms with E-state index in [0.29, 0.717) is 28.9 Å². The van der Waals surface area contributed by atoms with Crippen LogP contribution in [-0.2, 0) is 13.1 Å². The summed E-state index contributed by atoms with van der Waals surface area (Å²) in [4.78, 5) is 38.5. The summed E-state index contributed by atoms with van der Waals surface area (Å²) in [6.07, 6.45) is 0.657. The van der Waals surface area contributed by atoms with Crippen LogP contribution < -0.4 is 11.2 Å². The van der Waals surface area contributed by atoms with Gasteiger partial charge in [0.05, 0.1) is 10.9 Å². The first kappa shape index (κ1) is 19.1. The number of ketones is 1. The molecule has 0 fully saturated rings. The van der Waals surface area contributed by atoms with Crippen molar-refractivity contribution < 1.29 is 9.18 Å². The van der Waals surface area contributed by atoms with Crippen molar-refractivity contribution in [1.82, 2.24) is 18.7 Å². The van der Waals surface area contributed by atoms with Crippen LogP contribution in [0.4, 0.5) is 4.39 Å². The second-order valence-corrected chi connectivity index (χ2v) is 7.06. The fourth-order valence-corrected chi connectivity index (χ4v) is 3.45. The van der Waals surface area contributed by atoms with E-state index in [2.05, 4.69) is 5.10 Å². The van der Waals surface area contributed by atoms with Crippen molar-refractivity contribution in [1.29, 1.82) is 0 Å². The van der Waals surface area contributed by atoms with Gasteiger partial charge in [0.1, 0.15) is 12.4 Å². The monoisotopic (exact) mass is 414 g/mol. The summed E-state index contributed by atoms with van der Waals surface area (Å²) in [5.41, 5.74) is -0.259. The summed E-state index contributed by atoms with van der Waals surface area (Å²) in [6, 6.07) is 9.72. The summed E-state index contributed by atoms with van der Waals surface area (Å²) >= 11 is 6.07. The molecule has 148 valence electrons. The molecule has 0 spiro atoms. The number of fused-ring (bicyclic) bond motifs is 3. The highest BCUT2D eigenvalue weighted by molar-refractivity contribution is 6.31. The van der Waals surface area contributed by atoms with Crippen molar-refractivity contribution in [2.75, 3.05) is 0 Å². The standard InChI is InChI=1S/C20H16ClFN4O3/c1-2-9-24-18(28)15-8-5-13(21)10-16(15)26-19(24)23-25(20(26)29)11-17(27)12-3-6-14(22)7-4-12/h3-8,10H,2,9,11H2,1H3. The average molecular weight is 415 g/mol. The van der Waals surface area contributed by atoms with Crippen LogP contribution in [0.5, 0.6) is 0 Å². The Hall–Kier alpha value is -3.26. The van der Waals surface area contributed by atoms with Crippen LogP contribution in [0.1, 0.15) is 23.7 Å². The van der Waals surface area contributed by atoms with Crippen LogP contribution >= 0.6 is 11.6 Å². The maximum absolute atomic E-state index is 13.1. The molecule has 7 nitrogen and oxygen atoms in total. The lowest BCUT2D eigenvalue weighted by molar-refractivity contribution is 0.0966. The van der Waals surface area contributed by atoms with E-state index in [1.165, 1.54) is 39.3 Å². The number of carbonyl (C=O) groups is 1. The Kier molecular flexibility index (Phi) is 4.79. The van der Waals surface area contributed by atoms with Gasteiger partial charge < -0.3 is 0 Å². The zero-order valence-corrected chi connectivity index (χ0v) is 16.2. The zero-order chi connectivity index (χ0) is 20.7. The molecule has 0 N–H and O–H groups in total. The van der Waals surface area contributed by atoms with E-state index in [1.54, 1.807) is 12.1 Å². The number of hydrogen-bond donors (Lipinski definition) is 0. The van der Waals surface area contributed by atoms with E-state index in [0.717, 1.165) is 4.68 Å². The minimum Gasteiger partial charge on any atom is -0.292 e. The van der Waals surface area contributed by atoms with Crippen molar-refractivity contribution in [2.24, 2.45) is 0 Å². The first-order valence-corrected chi connectivity index (χ1v) is 9.39. The topological polar surface area (TPSA) is 78.4 Å². The lowest BCUT2D eigenvalue weighted by atomic mass is 10.1. The number of carbonyl (C=O) groups excluding carboxylic acids is 1. The lowest BCUT2D eigenvalue weighted by Gasteiger charge is -2.08. The fraction of sp³-hybridized carbons (Fsp3) is 0.200. The molecular formula is C20H16ClFN4O3. The lowest BCUT2D eigenvalue weighted by Crippen LogP contribution is -2.27. The van der Waals surface area contributed by atoms with Gasteiger partial charge in [-0.3, -0.25) is 14.2 Å². The number of aryl methyl sites for hydroxylation is 1. The van der Waals surface area contributed by atoms with Crippen LogP contribution in [0.15, 0.2) is 52.1 Å². The number of halogens is 2. The predicted molar refractivity (Wildman–Crippen MR) is 107 cm³/mol. The van der Waals surface area contributed by atoms with Crippen molar-refractivity contribution in [3.05, 3.63) is 79.7 Å². The number of nitrogens with zero attached hydrogens (tertiary/aromatic N) is 4. The molecule has 2 aromatic carbocycles. The first-order chi connectivity index (χ1) is 13.9. The van der Waals surface area contributed by atoms with E-state index in [-0.39, 0.29) is 23.4 Å². The minimum atomic E-state index is -0.562. The van der Waals surface area contributed by atoms with Gasteiger partial charge in [-0.2, -0.15) is 0 Å². The van der Waals surface area contributed by atoms with Gasteiger partial charge in [-0.25, -0.2) is 18.3 Å². The normalized spacial score (nSPS) is 11.4. The van der Waals surface area contributed by atoms with Crippen LogP contribution in [0.2, 0.25) is 5.02 Å². The molecule has 0 bridgehead atoms. The first-order valence-electron chi connectivity index (χ1n) is 9.01. The van der Waals surface area contributed by atoms with E-state index < -0.39 is 17.3 Å². The molecule has 0 saturated heterocycles. The molecule has 29 heavy (non-hydrogen) atoms. The molecule has 0 amide bonds. The Bertz CT molecular complexity index is 1370. The average Bonchev–Trinajstić information content (AvgIpc) is 3.01. The molecule has 9 heteroatoms. The summed E-state index contributed by atoms with van der Waals surface area (Å²) in [5.74, 6) is -0.718. The molecule has 0 aliphatic heterocycles. The van der Waals surface area contributed by atoms with Gasteiger partial charge in [-0.1, -0.05) is 18.5 Å². The second kappa shape index (κ2) is 7.29. The van der Waals surface area contributed by atoms with Gasteiger partial charge in [0.15, 0.2) is 5.78 Å². The van der Waals surface area contributed by atoms with Gasteiger partial charge >= 0.3 is 5.69 Å². The molecular weight excluding hydrogens is 399 g/mol. The van der Waals surface area contributed by atoms with E-state index in [1.807, 2.05) is 6.92 Å². The molecule has 0 aliphatic carbocycles. The highest BCUT2D eigenvalue weighted by Gasteiger charge is 2.19. The van der Waals surface area contributed by atoms with E-state index in [9.17, 15) is 18.8 Å². The third-order valence-corrected chi connectivity index (χ3v) is 4.88. The molecule has 0 atom stereocenters. The number of rotatable bonds is 5. The van der Waals surface area contributed by atoms with Crippen LogP contribution in [0, 0.1) is 5.82 Å². The molecule has 0 radical (unpaired) electrons. The smallest absolute Gasteiger partial charge is 0.292 e. The Morgan fingerprint density at radius 3 is 2.55 bits per heavy atom. The van der Waals surface area contributed by atoms with Gasteiger partial charge in [0.25, 0.3) is 5.56 Å².